The number of halogens is 1. The highest BCUT2D eigenvalue weighted by Gasteiger charge is 2.61. The molecule has 11 nitrogen and oxygen atoms in total. The summed E-state index contributed by atoms with van der Waals surface area (Å²) in [5.41, 5.74) is -1.12. The van der Waals surface area contributed by atoms with Gasteiger partial charge in [-0.2, -0.15) is 0 Å². The summed E-state index contributed by atoms with van der Waals surface area (Å²) in [6.45, 7) is 3.63. The molecule has 0 saturated heterocycles. The standard InChI is InChI=1S/C31H31ClN2O9S/c1-14-8-20(36)25(29(38)31(14)30(39)26-22(41-4)11-23(42-5)27(32)28(26)43-31)18(16-6-7-19(35)21(9-16)40-3)10-24(37)33-12-17-13-44-15(2)34-17/h6-7,9,11,13-14,18,35,38H,8,10,12H2,1-5H3,(H,33,37). The number of fused-ring (bicyclic) bond motifs is 1. The van der Waals surface area contributed by atoms with Gasteiger partial charge >= 0.3 is 0 Å². The number of aryl methyl sites for hydroxylation is 1. The first-order valence-electron chi connectivity index (χ1n) is 13.7. The van der Waals surface area contributed by atoms with Crippen molar-refractivity contribution in [2.24, 2.45) is 5.92 Å². The molecule has 0 saturated carbocycles. The van der Waals surface area contributed by atoms with E-state index in [-0.39, 0.29) is 64.3 Å². The number of hydrogen-bond donors (Lipinski definition) is 3. The lowest BCUT2D eigenvalue weighted by molar-refractivity contribution is -0.122. The van der Waals surface area contributed by atoms with Crippen LogP contribution in [0, 0.1) is 12.8 Å². The number of aromatic hydroxyl groups is 1. The van der Waals surface area contributed by atoms with Crippen molar-refractivity contribution in [3.63, 3.8) is 0 Å². The Labute approximate surface area is 262 Å². The predicted octanol–water partition coefficient (Wildman–Crippen LogP) is 5.06. The Morgan fingerprint density at radius 1 is 1.16 bits per heavy atom. The van der Waals surface area contributed by atoms with E-state index >= 15 is 0 Å². The van der Waals surface area contributed by atoms with Gasteiger partial charge < -0.3 is 34.5 Å². The largest absolute Gasteiger partial charge is 0.507 e. The molecule has 2 heterocycles. The maximum absolute atomic E-state index is 14.2. The monoisotopic (exact) mass is 642 g/mol. The van der Waals surface area contributed by atoms with Crippen LogP contribution in [0.25, 0.3) is 0 Å². The number of phenolic OH excluding ortho intramolecular Hbond substituents is 1. The number of thiazole rings is 1. The average Bonchev–Trinajstić information content (AvgIpc) is 3.56. The van der Waals surface area contributed by atoms with Crippen molar-refractivity contribution < 1.29 is 43.5 Å². The second kappa shape index (κ2) is 12.0. The fourth-order valence-corrected chi connectivity index (χ4v) is 6.65. The van der Waals surface area contributed by atoms with Crippen molar-refractivity contribution >= 4 is 40.4 Å². The number of carbonyl (C=O) groups excluding carboxylic acids is 3. The number of aliphatic hydroxyl groups excluding tert-OH is 1. The molecule has 232 valence electrons. The highest BCUT2D eigenvalue weighted by molar-refractivity contribution is 7.09. The van der Waals surface area contributed by atoms with Crippen LogP contribution in [0.5, 0.6) is 28.7 Å². The number of amides is 1. The first kappa shape index (κ1) is 31.1. The molecular formula is C31H31ClN2O9S. The zero-order chi connectivity index (χ0) is 31.9. The summed E-state index contributed by atoms with van der Waals surface area (Å²) in [4.78, 5) is 45.6. The number of methoxy groups -OCH3 is 3. The van der Waals surface area contributed by atoms with Gasteiger partial charge in [-0.05, 0) is 24.6 Å². The highest BCUT2D eigenvalue weighted by Crippen LogP contribution is 2.56. The topological polar surface area (TPSA) is 154 Å². The SMILES string of the molecule is COc1cc(C(CC(=O)NCc2csc(C)n2)C2=C(O)C3(Oc4c(Cl)c(OC)cc(OC)c4C3=O)C(C)CC2=O)ccc1O. The summed E-state index contributed by atoms with van der Waals surface area (Å²) >= 11 is 8.01. The molecule has 0 bridgehead atoms. The Bertz CT molecular complexity index is 1700. The third-order valence-corrected chi connectivity index (χ3v) is 9.17. The van der Waals surface area contributed by atoms with Crippen molar-refractivity contribution in [2.45, 2.75) is 44.8 Å². The third kappa shape index (κ3) is 5.11. The molecule has 1 aliphatic carbocycles. The number of phenols is 1. The molecule has 3 atom stereocenters. The van der Waals surface area contributed by atoms with Gasteiger partial charge in [0.05, 0.1) is 38.6 Å². The number of ketones is 2. The van der Waals surface area contributed by atoms with E-state index in [1.807, 2.05) is 12.3 Å². The summed E-state index contributed by atoms with van der Waals surface area (Å²) < 4.78 is 22.3. The molecule has 1 spiro atoms. The lowest BCUT2D eigenvalue weighted by Gasteiger charge is -2.38. The molecule has 44 heavy (non-hydrogen) atoms. The molecule has 13 heteroatoms. The minimum Gasteiger partial charge on any atom is -0.507 e. The lowest BCUT2D eigenvalue weighted by atomic mass is 9.69. The van der Waals surface area contributed by atoms with E-state index in [2.05, 4.69) is 10.3 Å². The van der Waals surface area contributed by atoms with Gasteiger partial charge in [0.2, 0.25) is 17.3 Å². The summed E-state index contributed by atoms with van der Waals surface area (Å²) in [5.74, 6) is -3.83. The van der Waals surface area contributed by atoms with Gasteiger partial charge in [-0.25, -0.2) is 4.98 Å². The number of Topliss-reactive ketones (excluding diaryl/α,β-unsaturated/α-hetero) is 2. The van der Waals surface area contributed by atoms with E-state index in [4.69, 9.17) is 30.5 Å². The Morgan fingerprint density at radius 3 is 2.50 bits per heavy atom. The van der Waals surface area contributed by atoms with Crippen LogP contribution in [0.3, 0.4) is 0 Å². The highest BCUT2D eigenvalue weighted by atomic mass is 35.5. The minimum atomic E-state index is -2.03. The molecule has 2 aliphatic rings. The molecular weight excluding hydrogens is 612 g/mol. The van der Waals surface area contributed by atoms with Crippen LogP contribution in [0.4, 0.5) is 0 Å². The Hall–Kier alpha value is -4.29. The third-order valence-electron chi connectivity index (χ3n) is 7.99. The fraction of sp³-hybridized carbons (Fsp3) is 0.355. The molecule has 3 aromatic rings. The molecule has 3 N–H and O–H groups in total. The first-order valence-corrected chi connectivity index (χ1v) is 14.9. The van der Waals surface area contributed by atoms with Crippen LogP contribution in [0.2, 0.25) is 5.02 Å². The number of aromatic nitrogens is 1. The Balaban J connectivity index is 1.63. The van der Waals surface area contributed by atoms with Gasteiger partial charge in [-0.15, -0.1) is 11.3 Å². The van der Waals surface area contributed by atoms with E-state index < -0.39 is 40.7 Å². The van der Waals surface area contributed by atoms with Crippen LogP contribution < -0.4 is 24.3 Å². The van der Waals surface area contributed by atoms with E-state index in [0.717, 1.165) is 5.01 Å². The van der Waals surface area contributed by atoms with Gasteiger partial charge in [-0.3, -0.25) is 14.4 Å². The zero-order valence-corrected chi connectivity index (χ0v) is 26.2. The number of nitrogens with zero attached hydrogens (tertiary/aromatic N) is 1. The van der Waals surface area contributed by atoms with E-state index in [0.29, 0.717) is 11.3 Å². The maximum Gasteiger partial charge on any atom is 0.231 e. The molecule has 0 radical (unpaired) electrons. The quantitative estimate of drug-likeness (QED) is 0.289. The van der Waals surface area contributed by atoms with Crippen molar-refractivity contribution in [3.8, 4) is 28.7 Å². The van der Waals surface area contributed by atoms with Crippen LogP contribution in [0.15, 0.2) is 41.0 Å². The smallest absolute Gasteiger partial charge is 0.231 e. The summed E-state index contributed by atoms with van der Waals surface area (Å²) in [6, 6.07) is 5.81. The molecule has 1 aromatic heterocycles. The molecule has 1 amide bonds. The molecule has 1 aliphatic heterocycles. The lowest BCUT2D eigenvalue weighted by Crippen LogP contribution is -2.53. The molecule has 5 rings (SSSR count). The van der Waals surface area contributed by atoms with Gasteiger partial charge in [0.25, 0.3) is 0 Å². The van der Waals surface area contributed by atoms with Crippen molar-refractivity contribution in [3.05, 3.63) is 67.8 Å². The summed E-state index contributed by atoms with van der Waals surface area (Å²) in [6.07, 6.45) is -0.465. The minimum absolute atomic E-state index is 0.00319. The molecule has 0 fully saturated rings. The second-order valence-corrected chi connectivity index (χ2v) is 12.0. The van der Waals surface area contributed by atoms with Crippen LogP contribution in [0.1, 0.15) is 52.3 Å². The fourth-order valence-electron chi connectivity index (χ4n) is 5.77. The van der Waals surface area contributed by atoms with Crippen LogP contribution in [-0.2, 0) is 16.1 Å². The van der Waals surface area contributed by atoms with Gasteiger partial charge in [0.1, 0.15) is 22.1 Å². The summed E-state index contributed by atoms with van der Waals surface area (Å²) in [5, 5.41) is 27.7. The normalized spacial score (nSPS) is 19.9. The predicted molar refractivity (Wildman–Crippen MR) is 161 cm³/mol. The first-order chi connectivity index (χ1) is 21.0. The number of benzene rings is 2. The van der Waals surface area contributed by atoms with Gasteiger partial charge in [0, 0.05) is 41.7 Å². The number of nitrogens with one attached hydrogen (secondary N) is 1. The Morgan fingerprint density at radius 2 is 1.86 bits per heavy atom. The molecule has 2 aromatic carbocycles. The van der Waals surface area contributed by atoms with Gasteiger partial charge in [-0.1, -0.05) is 24.6 Å². The number of carbonyl (C=O) groups is 3. The summed E-state index contributed by atoms with van der Waals surface area (Å²) in [7, 11) is 4.13. The van der Waals surface area contributed by atoms with Crippen molar-refractivity contribution in [1.29, 1.82) is 0 Å². The number of allylic oxidation sites excluding steroid dienone is 1. The second-order valence-electron chi connectivity index (χ2n) is 10.6. The van der Waals surface area contributed by atoms with Crippen LogP contribution in [-0.4, -0.2) is 59.6 Å². The zero-order valence-electron chi connectivity index (χ0n) is 24.6. The number of hydrogen-bond acceptors (Lipinski definition) is 11. The number of aliphatic hydroxyl groups is 1. The van der Waals surface area contributed by atoms with E-state index in [9.17, 15) is 24.6 Å². The number of rotatable bonds is 9. The maximum atomic E-state index is 14.2. The Kier molecular flexibility index (Phi) is 8.50. The van der Waals surface area contributed by atoms with Gasteiger partial charge in [0.15, 0.2) is 28.8 Å². The average molecular weight is 643 g/mol. The van der Waals surface area contributed by atoms with Crippen molar-refractivity contribution in [1.82, 2.24) is 10.3 Å². The van der Waals surface area contributed by atoms with E-state index in [1.165, 1.54) is 56.9 Å². The van der Waals surface area contributed by atoms with Crippen molar-refractivity contribution in [2.75, 3.05) is 21.3 Å². The van der Waals surface area contributed by atoms with E-state index in [1.54, 1.807) is 6.92 Å². The molecule has 3 unspecified atom stereocenters. The number of ether oxygens (including phenoxy) is 4. The van der Waals surface area contributed by atoms with Crippen LogP contribution >= 0.6 is 22.9 Å².